The van der Waals surface area contributed by atoms with Crippen molar-refractivity contribution in [3.63, 3.8) is 0 Å². The summed E-state index contributed by atoms with van der Waals surface area (Å²) in [6, 6.07) is 9.58. The van der Waals surface area contributed by atoms with Gasteiger partial charge in [-0.25, -0.2) is 17.6 Å². The van der Waals surface area contributed by atoms with Crippen molar-refractivity contribution in [2.75, 3.05) is 4.72 Å². The molecule has 8 heteroatoms. The van der Waals surface area contributed by atoms with E-state index in [9.17, 15) is 17.6 Å². The molecule has 2 aromatic carbocycles. The number of nitrogens with one attached hydrogen (secondary N) is 1. The molecule has 0 bridgehead atoms. The zero-order valence-electron chi connectivity index (χ0n) is 11.5. The molecule has 0 amide bonds. The SMILES string of the molecule is O=C(O)/C=C/c1cc(F)c(Cl)cc1NS(=O)(=O)c1ccccc1. The fraction of sp³-hybridized carbons (Fsp3) is 0. The maximum Gasteiger partial charge on any atom is 0.328 e. The summed E-state index contributed by atoms with van der Waals surface area (Å²) in [6.07, 6.45) is 1.84. The summed E-state index contributed by atoms with van der Waals surface area (Å²) < 4.78 is 40.4. The van der Waals surface area contributed by atoms with Crippen LogP contribution in [0.15, 0.2) is 53.4 Å². The van der Waals surface area contributed by atoms with E-state index in [1.54, 1.807) is 18.2 Å². The number of carboxylic acids is 1. The van der Waals surface area contributed by atoms with E-state index in [0.29, 0.717) is 0 Å². The Morgan fingerprint density at radius 3 is 2.48 bits per heavy atom. The second kappa shape index (κ2) is 6.80. The Bertz CT molecular complexity index is 867. The standard InChI is InChI=1S/C15H11ClFNO4S/c16-12-9-14(10(8-13(12)17)6-7-15(19)20)18-23(21,22)11-4-2-1-3-5-11/h1-9,18H,(H,19,20)/b7-6+. The molecule has 0 atom stereocenters. The van der Waals surface area contributed by atoms with Crippen LogP contribution < -0.4 is 4.72 Å². The highest BCUT2D eigenvalue weighted by molar-refractivity contribution is 7.92. The minimum absolute atomic E-state index is 0.00797. The summed E-state index contributed by atoms with van der Waals surface area (Å²) in [7, 11) is -3.92. The van der Waals surface area contributed by atoms with Crippen LogP contribution in [0.2, 0.25) is 5.02 Å². The van der Waals surface area contributed by atoms with Crippen molar-refractivity contribution in [2.24, 2.45) is 0 Å². The van der Waals surface area contributed by atoms with Gasteiger partial charge in [0.05, 0.1) is 15.6 Å². The number of carboxylic acid groups (broad SMARTS) is 1. The Balaban J connectivity index is 2.46. The average molecular weight is 356 g/mol. The van der Waals surface area contributed by atoms with Gasteiger partial charge >= 0.3 is 5.97 Å². The van der Waals surface area contributed by atoms with E-state index in [1.165, 1.54) is 12.1 Å². The monoisotopic (exact) mass is 355 g/mol. The number of aliphatic carboxylic acids is 1. The summed E-state index contributed by atoms with van der Waals surface area (Å²) >= 11 is 5.67. The first-order valence-corrected chi connectivity index (χ1v) is 8.13. The number of halogens is 2. The topological polar surface area (TPSA) is 83.5 Å². The molecule has 2 rings (SSSR count). The Labute approximate surface area is 137 Å². The lowest BCUT2D eigenvalue weighted by Gasteiger charge is -2.11. The number of hydrogen-bond donors (Lipinski definition) is 2. The van der Waals surface area contributed by atoms with Gasteiger partial charge in [-0.1, -0.05) is 29.8 Å². The van der Waals surface area contributed by atoms with Crippen LogP contribution in [-0.2, 0) is 14.8 Å². The number of benzene rings is 2. The van der Waals surface area contributed by atoms with Crippen molar-refractivity contribution in [3.05, 3.63) is 64.9 Å². The van der Waals surface area contributed by atoms with Crippen molar-refractivity contribution in [1.82, 2.24) is 0 Å². The molecule has 0 saturated carbocycles. The van der Waals surface area contributed by atoms with Gasteiger partial charge in [-0.2, -0.15) is 0 Å². The van der Waals surface area contributed by atoms with Crippen molar-refractivity contribution in [3.8, 4) is 0 Å². The van der Waals surface area contributed by atoms with E-state index in [1.807, 2.05) is 0 Å². The van der Waals surface area contributed by atoms with Gasteiger partial charge in [0.25, 0.3) is 10.0 Å². The van der Waals surface area contributed by atoms with Crippen molar-refractivity contribution < 1.29 is 22.7 Å². The third kappa shape index (κ3) is 4.30. The van der Waals surface area contributed by atoms with E-state index >= 15 is 0 Å². The zero-order chi connectivity index (χ0) is 17.0. The van der Waals surface area contributed by atoms with Gasteiger partial charge in [-0.3, -0.25) is 4.72 Å². The van der Waals surface area contributed by atoms with E-state index in [4.69, 9.17) is 16.7 Å². The van der Waals surface area contributed by atoms with Crippen molar-refractivity contribution in [2.45, 2.75) is 4.90 Å². The number of hydrogen-bond acceptors (Lipinski definition) is 3. The molecule has 0 radical (unpaired) electrons. The van der Waals surface area contributed by atoms with Crippen LogP contribution in [0, 0.1) is 5.82 Å². The van der Waals surface area contributed by atoms with Gasteiger partial charge < -0.3 is 5.11 Å². The smallest absolute Gasteiger partial charge is 0.328 e. The quantitative estimate of drug-likeness (QED) is 0.805. The Morgan fingerprint density at radius 1 is 1.22 bits per heavy atom. The van der Waals surface area contributed by atoms with Gasteiger partial charge in [-0.15, -0.1) is 0 Å². The Morgan fingerprint density at radius 2 is 1.87 bits per heavy atom. The molecule has 0 saturated heterocycles. The van der Waals surface area contributed by atoms with E-state index in [2.05, 4.69) is 4.72 Å². The van der Waals surface area contributed by atoms with Crippen LogP contribution in [0.5, 0.6) is 0 Å². The normalized spacial score (nSPS) is 11.6. The molecule has 0 aliphatic carbocycles. The molecule has 2 N–H and O–H groups in total. The molecule has 0 fully saturated rings. The molecule has 120 valence electrons. The molecule has 0 unspecified atom stereocenters. The van der Waals surface area contributed by atoms with Crippen molar-refractivity contribution in [1.29, 1.82) is 0 Å². The van der Waals surface area contributed by atoms with Crippen LogP contribution in [0.3, 0.4) is 0 Å². The zero-order valence-corrected chi connectivity index (χ0v) is 13.1. The summed E-state index contributed by atoms with van der Waals surface area (Å²) in [4.78, 5) is 10.6. The molecule has 0 aliphatic rings. The van der Waals surface area contributed by atoms with Crippen LogP contribution in [0.1, 0.15) is 5.56 Å². The highest BCUT2D eigenvalue weighted by Crippen LogP contribution is 2.27. The number of rotatable bonds is 5. The summed E-state index contributed by atoms with van der Waals surface area (Å²) in [5, 5.41) is 8.37. The highest BCUT2D eigenvalue weighted by atomic mass is 35.5. The molecule has 0 aliphatic heterocycles. The first-order chi connectivity index (χ1) is 10.8. The largest absolute Gasteiger partial charge is 0.478 e. The third-order valence-corrected chi connectivity index (χ3v) is 4.47. The van der Waals surface area contributed by atoms with E-state index in [0.717, 1.165) is 24.3 Å². The maximum atomic E-state index is 13.5. The van der Waals surface area contributed by atoms with Gasteiger partial charge in [0.15, 0.2) is 0 Å². The minimum Gasteiger partial charge on any atom is -0.478 e. The van der Waals surface area contributed by atoms with Gasteiger partial charge in [0, 0.05) is 11.6 Å². The van der Waals surface area contributed by atoms with Crippen LogP contribution in [0.25, 0.3) is 6.08 Å². The van der Waals surface area contributed by atoms with Crippen LogP contribution in [0.4, 0.5) is 10.1 Å². The molecule has 0 spiro atoms. The fourth-order valence-corrected chi connectivity index (χ4v) is 3.02. The lowest BCUT2D eigenvalue weighted by atomic mass is 10.1. The lowest BCUT2D eigenvalue weighted by molar-refractivity contribution is -0.131. The number of sulfonamides is 1. The molecular weight excluding hydrogens is 345 g/mol. The minimum atomic E-state index is -3.92. The second-order valence-corrected chi connectivity index (χ2v) is 6.53. The summed E-state index contributed by atoms with van der Waals surface area (Å²) in [6.45, 7) is 0. The van der Waals surface area contributed by atoms with Gasteiger partial charge in [-0.05, 0) is 30.3 Å². The van der Waals surface area contributed by atoms with Crippen molar-refractivity contribution >= 4 is 39.4 Å². The molecular formula is C15H11ClFNO4S. The second-order valence-electron chi connectivity index (χ2n) is 4.44. The molecule has 0 heterocycles. The third-order valence-electron chi connectivity index (χ3n) is 2.80. The molecule has 0 aromatic heterocycles. The Kier molecular flexibility index (Phi) is 5.02. The molecule has 2 aromatic rings. The van der Waals surface area contributed by atoms with E-state index < -0.39 is 21.8 Å². The predicted octanol–water partition coefficient (Wildman–Crippen LogP) is 3.38. The van der Waals surface area contributed by atoms with E-state index in [-0.39, 0.29) is 21.2 Å². The van der Waals surface area contributed by atoms with Crippen LogP contribution in [-0.4, -0.2) is 19.5 Å². The molecule has 23 heavy (non-hydrogen) atoms. The Hall–Kier alpha value is -2.38. The summed E-state index contributed by atoms with van der Waals surface area (Å²) in [5.41, 5.74) is 0.00607. The predicted molar refractivity (Wildman–Crippen MR) is 85.3 cm³/mol. The lowest BCUT2D eigenvalue weighted by Crippen LogP contribution is -2.13. The highest BCUT2D eigenvalue weighted by Gasteiger charge is 2.16. The number of carbonyl (C=O) groups is 1. The first-order valence-electron chi connectivity index (χ1n) is 6.27. The fourth-order valence-electron chi connectivity index (χ4n) is 1.75. The van der Waals surface area contributed by atoms with Crippen LogP contribution >= 0.6 is 11.6 Å². The molecule has 5 nitrogen and oxygen atoms in total. The van der Waals surface area contributed by atoms with Gasteiger partial charge in [0.1, 0.15) is 5.82 Å². The number of anilines is 1. The van der Waals surface area contributed by atoms with Gasteiger partial charge in [0.2, 0.25) is 0 Å². The summed E-state index contributed by atoms with van der Waals surface area (Å²) in [5.74, 6) is -2.04. The first kappa shape index (κ1) is 17.0. The maximum absolute atomic E-state index is 13.5. The average Bonchev–Trinajstić information content (AvgIpc) is 2.50.